The standard InChI is InChI=1S/C14H23NO/c1-4-15(5-2)11-12-16-14-8-6-7-13(3)9-10-14/h6-7,9-10H,4-5,8,11-12H2,1-3H3. The Hall–Kier alpha value is -1.02. The molecular formula is C14H23NO. The second kappa shape index (κ2) is 7.29. The van der Waals surface area contributed by atoms with Crippen LogP contribution >= 0.6 is 0 Å². The monoisotopic (exact) mass is 221 g/mol. The maximum Gasteiger partial charge on any atom is 0.100 e. The van der Waals surface area contributed by atoms with Crippen LogP contribution in [0.3, 0.4) is 0 Å². The van der Waals surface area contributed by atoms with Crippen molar-refractivity contribution in [1.82, 2.24) is 4.90 Å². The number of hydrogen-bond acceptors (Lipinski definition) is 2. The Bertz CT molecular complexity index is 285. The summed E-state index contributed by atoms with van der Waals surface area (Å²) in [5.74, 6) is 1.07. The molecule has 2 heteroatoms. The Kier molecular flexibility index (Phi) is 5.94. The minimum Gasteiger partial charge on any atom is -0.496 e. The topological polar surface area (TPSA) is 12.5 Å². The lowest BCUT2D eigenvalue weighted by Crippen LogP contribution is -2.26. The number of ether oxygens (including phenoxy) is 1. The van der Waals surface area contributed by atoms with E-state index in [4.69, 9.17) is 4.74 Å². The molecule has 0 aliphatic heterocycles. The molecule has 0 N–H and O–H groups in total. The van der Waals surface area contributed by atoms with Crippen molar-refractivity contribution in [3.63, 3.8) is 0 Å². The number of allylic oxidation sites excluding steroid dienone is 5. The van der Waals surface area contributed by atoms with Crippen LogP contribution < -0.4 is 0 Å². The summed E-state index contributed by atoms with van der Waals surface area (Å²) in [4.78, 5) is 2.37. The highest BCUT2D eigenvalue weighted by molar-refractivity contribution is 5.27. The van der Waals surface area contributed by atoms with Crippen LogP contribution in [0.5, 0.6) is 0 Å². The summed E-state index contributed by atoms with van der Waals surface area (Å²) in [6.45, 7) is 10.5. The van der Waals surface area contributed by atoms with Gasteiger partial charge in [0, 0.05) is 13.0 Å². The van der Waals surface area contributed by atoms with E-state index in [1.165, 1.54) is 5.57 Å². The molecule has 1 aliphatic carbocycles. The summed E-state index contributed by atoms with van der Waals surface area (Å²) in [6.07, 6.45) is 9.39. The Morgan fingerprint density at radius 2 is 2.00 bits per heavy atom. The van der Waals surface area contributed by atoms with Crippen molar-refractivity contribution in [2.75, 3.05) is 26.2 Å². The van der Waals surface area contributed by atoms with E-state index in [1.54, 1.807) is 0 Å². The van der Waals surface area contributed by atoms with E-state index in [1.807, 2.05) is 0 Å². The van der Waals surface area contributed by atoms with Gasteiger partial charge in [-0.15, -0.1) is 0 Å². The van der Waals surface area contributed by atoms with E-state index in [-0.39, 0.29) is 0 Å². The van der Waals surface area contributed by atoms with Crippen LogP contribution in [-0.2, 0) is 4.74 Å². The highest BCUT2D eigenvalue weighted by Gasteiger charge is 2.01. The Morgan fingerprint density at radius 1 is 1.25 bits per heavy atom. The van der Waals surface area contributed by atoms with Gasteiger partial charge >= 0.3 is 0 Å². The molecule has 90 valence electrons. The van der Waals surface area contributed by atoms with Gasteiger partial charge in [-0.1, -0.05) is 37.6 Å². The highest BCUT2D eigenvalue weighted by atomic mass is 16.5. The van der Waals surface area contributed by atoms with E-state index >= 15 is 0 Å². The van der Waals surface area contributed by atoms with Gasteiger partial charge in [-0.25, -0.2) is 0 Å². The SMILES string of the molecule is CCN(CC)CCOC1=CC=C(C)C=CC1. The quantitative estimate of drug-likeness (QED) is 0.683. The van der Waals surface area contributed by atoms with Gasteiger partial charge in [-0.2, -0.15) is 0 Å². The molecule has 0 aromatic carbocycles. The molecule has 0 radical (unpaired) electrons. The minimum absolute atomic E-state index is 0.786. The normalized spacial score (nSPS) is 15.8. The van der Waals surface area contributed by atoms with E-state index < -0.39 is 0 Å². The predicted octanol–water partition coefficient (Wildman–Crippen LogP) is 3.13. The lowest BCUT2D eigenvalue weighted by molar-refractivity contribution is 0.161. The van der Waals surface area contributed by atoms with E-state index in [2.05, 4.69) is 50.0 Å². The average Bonchev–Trinajstić information content (AvgIpc) is 2.50. The Balaban J connectivity index is 2.30. The number of hydrogen-bond donors (Lipinski definition) is 0. The molecule has 0 heterocycles. The first-order valence-electron chi connectivity index (χ1n) is 6.15. The first-order valence-corrected chi connectivity index (χ1v) is 6.15. The molecule has 0 unspecified atom stereocenters. The molecule has 0 fully saturated rings. The van der Waals surface area contributed by atoms with Gasteiger partial charge in [0.15, 0.2) is 0 Å². The average molecular weight is 221 g/mol. The van der Waals surface area contributed by atoms with Crippen molar-refractivity contribution >= 4 is 0 Å². The van der Waals surface area contributed by atoms with Crippen LogP contribution in [-0.4, -0.2) is 31.1 Å². The fraction of sp³-hybridized carbons (Fsp3) is 0.571. The summed E-state index contributed by atoms with van der Waals surface area (Å²) in [5, 5.41) is 0. The zero-order valence-electron chi connectivity index (χ0n) is 10.7. The maximum atomic E-state index is 5.77. The third-order valence-electron chi connectivity index (χ3n) is 2.82. The molecule has 0 spiro atoms. The first-order chi connectivity index (χ1) is 7.76. The molecule has 16 heavy (non-hydrogen) atoms. The molecule has 0 saturated carbocycles. The first kappa shape index (κ1) is 13.0. The Morgan fingerprint density at radius 3 is 2.69 bits per heavy atom. The molecule has 0 atom stereocenters. The van der Waals surface area contributed by atoms with Crippen molar-refractivity contribution in [3.8, 4) is 0 Å². The van der Waals surface area contributed by atoms with Crippen molar-refractivity contribution < 1.29 is 4.74 Å². The minimum atomic E-state index is 0.786. The zero-order valence-corrected chi connectivity index (χ0v) is 10.7. The van der Waals surface area contributed by atoms with Gasteiger partial charge in [-0.05, 0) is 26.1 Å². The van der Waals surface area contributed by atoms with Crippen LogP contribution in [0, 0.1) is 0 Å². The summed E-state index contributed by atoms with van der Waals surface area (Å²) in [6, 6.07) is 0. The second-order valence-electron chi connectivity index (χ2n) is 4.03. The van der Waals surface area contributed by atoms with Crippen LogP contribution in [0.1, 0.15) is 27.2 Å². The molecular weight excluding hydrogens is 198 g/mol. The summed E-state index contributed by atoms with van der Waals surface area (Å²) in [7, 11) is 0. The van der Waals surface area contributed by atoms with Gasteiger partial charge in [0.1, 0.15) is 6.61 Å². The van der Waals surface area contributed by atoms with Crippen molar-refractivity contribution in [3.05, 3.63) is 35.6 Å². The highest BCUT2D eigenvalue weighted by Crippen LogP contribution is 2.11. The molecule has 1 aliphatic rings. The molecule has 0 saturated heterocycles. The van der Waals surface area contributed by atoms with Crippen LogP contribution in [0.4, 0.5) is 0 Å². The van der Waals surface area contributed by atoms with E-state index in [9.17, 15) is 0 Å². The maximum absolute atomic E-state index is 5.77. The van der Waals surface area contributed by atoms with E-state index in [0.717, 1.165) is 38.4 Å². The summed E-state index contributed by atoms with van der Waals surface area (Å²) < 4.78 is 5.77. The molecule has 0 amide bonds. The zero-order chi connectivity index (χ0) is 11.8. The number of nitrogens with zero attached hydrogens (tertiary/aromatic N) is 1. The van der Waals surface area contributed by atoms with Crippen molar-refractivity contribution in [2.24, 2.45) is 0 Å². The molecule has 2 nitrogen and oxygen atoms in total. The predicted molar refractivity (Wildman–Crippen MR) is 69.3 cm³/mol. The Labute approximate surface area is 99.3 Å². The van der Waals surface area contributed by atoms with Crippen LogP contribution in [0.15, 0.2) is 35.6 Å². The fourth-order valence-electron chi connectivity index (χ4n) is 1.66. The molecule has 0 aromatic rings. The largest absolute Gasteiger partial charge is 0.496 e. The summed E-state index contributed by atoms with van der Waals surface area (Å²) in [5.41, 5.74) is 1.28. The van der Waals surface area contributed by atoms with Gasteiger partial charge in [0.25, 0.3) is 0 Å². The van der Waals surface area contributed by atoms with Crippen LogP contribution in [0.2, 0.25) is 0 Å². The number of rotatable bonds is 6. The lowest BCUT2D eigenvalue weighted by atomic mass is 10.3. The summed E-state index contributed by atoms with van der Waals surface area (Å²) >= 11 is 0. The second-order valence-corrected chi connectivity index (χ2v) is 4.03. The van der Waals surface area contributed by atoms with Crippen molar-refractivity contribution in [1.29, 1.82) is 0 Å². The molecule has 0 bridgehead atoms. The van der Waals surface area contributed by atoms with Gasteiger partial charge in [0.05, 0.1) is 5.76 Å². The third kappa shape index (κ3) is 4.67. The smallest absolute Gasteiger partial charge is 0.100 e. The van der Waals surface area contributed by atoms with Gasteiger partial charge < -0.3 is 9.64 Å². The lowest BCUT2D eigenvalue weighted by Gasteiger charge is -2.18. The number of likely N-dealkylation sites (N-methyl/N-ethyl adjacent to an activating group) is 1. The fourth-order valence-corrected chi connectivity index (χ4v) is 1.66. The van der Waals surface area contributed by atoms with Gasteiger partial charge in [-0.3, -0.25) is 0 Å². The van der Waals surface area contributed by atoms with Gasteiger partial charge in [0.2, 0.25) is 0 Å². The third-order valence-corrected chi connectivity index (χ3v) is 2.82. The van der Waals surface area contributed by atoms with E-state index in [0.29, 0.717) is 0 Å². The molecule has 1 rings (SSSR count). The van der Waals surface area contributed by atoms with Crippen LogP contribution in [0.25, 0.3) is 0 Å². The van der Waals surface area contributed by atoms with Crippen molar-refractivity contribution in [2.45, 2.75) is 27.2 Å². The molecule has 0 aromatic heterocycles.